The van der Waals surface area contributed by atoms with Crippen molar-refractivity contribution in [1.82, 2.24) is 9.55 Å². The van der Waals surface area contributed by atoms with Crippen LogP contribution in [0.5, 0.6) is 0 Å². The molecule has 1 N–H and O–H groups in total. The Hall–Kier alpha value is -3.43. The van der Waals surface area contributed by atoms with Crippen LogP contribution in [0, 0.1) is 11.3 Å². The molecule has 0 unspecified atom stereocenters. The average Bonchev–Trinajstić information content (AvgIpc) is 3.13. The molecule has 1 aromatic heterocycles. The maximum Gasteiger partial charge on any atom is 0.357 e. The summed E-state index contributed by atoms with van der Waals surface area (Å²) in [5, 5.41) is 20.4. The number of nitrogens with zero attached hydrogens (tertiary/aromatic N) is 3. The fourth-order valence-corrected chi connectivity index (χ4v) is 3.75. The zero-order chi connectivity index (χ0) is 23.3. The third-order valence-electron chi connectivity index (χ3n) is 5.20. The first-order chi connectivity index (χ1) is 15.3. The number of nitriles is 1. The van der Waals surface area contributed by atoms with E-state index in [1.165, 1.54) is 0 Å². The van der Waals surface area contributed by atoms with Gasteiger partial charge in [0.15, 0.2) is 5.69 Å². The Labute approximate surface area is 189 Å². The van der Waals surface area contributed by atoms with Gasteiger partial charge in [-0.2, -0.15) is 5.26 Å². The Morgan fingerprint density at radius 1 is 1.19 bits per heavy atom. The number of aliphatic hydroxyl groups is 1. The lowest BCUT2D eigenvalue weighted by Gasteiger charge is -2.17. The van der Waals surface area contributed by atoms with E-state index in [0.717, 1.165) is 23.1 Å². The van der Waals surface area contributed by atoms with Crippen molar-refractivity contribution in [1.29, 1.82) is 5.26 Å². The Bertz CT molecular complexity index is 1140. The standard InChI is InChI=1S/C26H29N3O3/c1-5-10-22-28-24(26(3,4)31)23(25(30)32-6-2)29(22)17-18-13-14-21(20(15-18)16-27)19-11-8-7-9-12-19/h7-9,11-15,31H,5-6,10,17H2,1-4H3. The van der Waals surface area contributed by atoms with Crippen LogP contribution in [0.2, 0.25) is 0 Å². The minimum absolute atomic E-state index is 0.225. The fraction of sp³-hybridized carbons (Fsp3) is 0.346. The van der Waals surface area contributed by atoms with Crippen LogP contribution >= 0.6 is 0 Å². The summed E-state index contributed by atoms with van der Waals surface area (Å²) in [6.45, 7) is 7.58. The van der Waals surface area contributed by atoms with Crippen LogP contribution in [0.25, 0.3) is 11.1 Å². The first-order valence-corrected chi connectivity index (χ1v) is 10.9. The molecule has 0 bridgehead atoms. The summed E-state index contributed by atoms with van der Waals surface area (Å²) in [6.07, 6.45) is 1.48. The van der Waals surface area contributed by atoms with Crippen LogP contribution in [0.4, 0.5) is 0 Å². The largest absolute Gasteiger partial charge is 0.461 e. The number of carbonyl (C=O) groups excluding carboxylic acids is 1. The second-order valence-corrected chi connectivity index (χ2v) is 8.20. The molecule has 166 valence electrons. The molecule has 0 radical (unpaired) electrons. The molecular formula is C26H29N3O3. The molecule has 0 atom stereocenters. The molecule has 6 nitrogen and oxygen atoms in total. The summed E-state index contributed by atoms with van der Waals surface area (Å²) >= 11 is 0. The number of hydrogen-bond acceptors (Lipinski definition) is 5. The van der Waals surface area contributed by atoms with Crippen molar-refractivity contribution in [3.8, 4) is 17.2 Å². The number of rotatable bonds is 8. The van der Waals surface area contributed by atoms with Gasteiger partial charge in [0.2, 0.25) is 0 Å². The zero-order valence-electron chi connectivity index (χ0n) is 19.1. The number of aryl methyl sites for hydroxylation is 1. The highest BCUT2D eigenvalue weighted by atomic mass is 16.5. The molecule has 0 aliphatic rings. The van der Waals surface area contributed by atoms with Crippen LogP contribution in [-0.2, 0) is 23.3 Å². The van der Waals surface area contributed by atoms with Gasteiger partial charge < -0.3 is 14.4 Å². The first kappa shape index (κ1) is 23.2. The number of carbonyl (C=O) groups is 1. The summed E-state index contributed by atoms with van der Waals surface area (Å²) in [5.74, 6) is 0.194. The van der Waals surface area contributed by atoms with Gasteiger partial charge >= 0.3 is 5.97 Å². The first-order valence-electron chi connectivity index (χ1n) is 10.9. The summed E-state index contributed by atoms with van der Waals surface area (Å²) in [6, 6.07) is 17.8. The number of imidazole rings is 1. The molecule has 0 fully saturated rings. The maximum absolute atomic E-state index is 12.9. The Kier molecular flexibility index (Phi) is 7.12. The van der Waals surface area contributed by atoms with Gasteiger partial charge in [-0.25, -0.2) is 9.78 Å². The van der Waals surface area contributed by atoms with Crippen molar-refractivity contribution >= 4 is 5.97 Å². The quantitative estimate of drug-likeness (QED) is 0.516. The van der Waals surface area contributed by atoms with Gasteiger partial charge in [0.05, 0.1) is 18.2 Å². The number of aromatic nitrogens is 2. The highest BCUT2D eigenvalue weighted by Crippen LogP contribution is 2.28. The number of hydrogen-bond donors (Lipinski definition) is 1. The summed E-state index contributed by atoms with van der Waals surface area (Å²) < 4.78 is 7.11. The fourth-order valence-electron chi connectivity index (χ4n) is 3.75. The third-order valence-corrected chi connectivity index (χ3v) is 5.20. The molecule has 3 rings (SSSR count). The SMILES string of the molecule is CCCc1nc(C(C)(C)O)c(C(=O)OCC)n1Cc1ccc(-c2ccccc2)c(C#N)c1. The molecule has 0 amide bonds. The Morgan fingerprint density at radius 2 is 1.91 bits per heavy atom. The van der Waals surface area contributed by atoms with Crippen LogP contribution in [0.15, 0.2) is 48.5 Å². The summed E-state index contributed by atoms with van der Waals surface area (Å²) in [4.78, 5) is 17.5. The highest BCUT2D eigenvalue weighted by Gasteiger charge is 2.32. The highest BCUT2D eigenvalue weighted by molar-refractivity contribution is 5.89. The number of esters is 1. The molecule has 6 heteroatoms. The van der Waals surface area contributed by atoms with Gasteiger partial charge in [0.1, 0.15) is 17.1 Å². The van der Waals surface area contributed by atoms with Crippen molar-refractivity contribution in [2.24, 2.45) is 0 Å². The minimum Gasteiger partial charge on any atom is -0.461 e. The molecule has 0 aliphatic carbocycles. The lowest BCUT2D eigenvalue weighted by atomic mass is 9.98. The molecule has 0 saturated heterocycles. The zero-order valence-corrected chi connectivity index (χ0v) is 19.1. The van der Waals surface area contributed by atoms with Crippen LogP contribution in [-0.4, -0.2) is 27.2 Å². The van der Waals surface area contributed by atoms with Crippen molar-refractivity contribution in [3.05, 3.63) is 76.9 Å². The van der Waals surface area contributed by atoms with Crippen LogP contribution < -0.4 is 0 Å². The lowest BCUT2D eigenvalue weighted by Crippen LogP contribution is -2.23. The summed E-state index contributed by atoms with van der Waals surface area (Å²) in [5.41, 5.74) is 2.52. The van der Waals surface area contributed by atoms with Crippen molar-refractivity contribution < 1.29 is 14.6 Å². The van der Waals surface area contributed by atoms with Gasteiger partial charge in [-0.05, 0) is 49.9 Å². The van der Waals surface area contributed by atoms with E-state index >= 15 is 0 Å². The molecule has 2 aromatic carbocycles. The average molecular weight is 432 g/mol. The molecular weight excluding hydrogens is 402 g/mol. The van der Waals surface area contributed by atoms with Crippen molar-refractivity contribution in [2.45, 2.75) is 52.7 Å². The van der Waals surface area contributed by atoms with Gasteiger partial charge in [-0.3, -0.25) is 0 Å². The predicted molar refractivity (Wildman–Crippen MR) is 123 cm³/mol. The minimum atomic E-state index is -1.30. The van der Waals surface area contributed by atoms with E-state index in [1.54, 1.807) is 20.8 Å². The molecule has 1 heterocycles. The van der Waals surface area contributed by atoms with Crippen molar-refractivity contribution in [2.75, 3.05) is 6.61 Å². The van der Waals surface area contributed by atoms with Gasteiger partial charge in [0, 0.05) is 13.0 Å². The second-order valence-electron chi connectivity index (χ2n) is 8.20. The van der Waals surface area contributed by atoms with Gasteiger partial charge in [-0.15, -0.1) is 0 Å². The number of benzene rings is 2. The second kappa shape index (κ2) is 9.80. The normalized spacial score (nSPS) is 11.2. The van der Waals surface area contributed by atoms with E-state index in [2.05, 4.69) is 11.1 Å². The molecule has 0 spiro atoms. The Balaban J connectivity index is 2.10. The van der Waals surface area contributed by atoms with Crippen LogP contribution in [0.3, 0.4) is 0 Å². The maximum atomic E-state index is 12.9. The van der Waals surface area contributed by atoms with Crippen molar-refractivity contribution in [3.63, 3.8) is 0 Å². The lowest BCUT2D eigenvalue weighted by molar-refractivity contribution is 0.0469. The topological polar surface area (TPSA) is 88.1 Å². The van der Waals surface area contributed by atoms with Crippen LogP contribution in [0.1, 0.15) is 67.2 Å². The molecule has 3 aromatic rings. The molecule has 32 heavy (non-hydrogen) atoms. The smallest absolute Gasteiger partial charge is 0.357 e. The molecule has 0 aliphatic heterocycles. The summed E-state index contributed by atoms with van der Waals surface area (Å²) in [7, 11) is 0. The van der Waals surface area contributed by atoms with E-state index < -0.39 is 11.6 Å². The third kappa shape index (κ3) is 4.90. The van der Waals surface area contributed by atoms with E-state index in [9.17, 15) is 15.2 Å². The van der Waals surface area contributed by atoms with E-state index in [4.69, 9.17) is 4.74 Å². The molecule has 0 saturated carbocycles. The van der Waals surface area contributed by atoms with Gasteiger partial charge in [0.25, 0.3) is 0 Å². The van der Waals surface area contributed by atoms with E-state index in [-0.39, 0.29) is 12.3 Å². The predicted octanol–water partition coefficient (Wildman–Crippen LogP) is 4.83. The van der Waals surface area contributed by atoms with E-state index in [1.807, 2.05) is 60.0 Å². The monoisotopic (exact) mass is 431 g/mol. The number of ether oxygens (including phenoxy) is 1. The Morgan fingerprint density at radius 3 is 2.50 bits per heavy atom. The van der Waals surface area contributed by atoms with E-state index in [0.29, 0.717) is 30.0 Å². The van der Waals surface area contributed by atoms with Gasteiger partial charge in [-0.1, -0.05) is 49.4 Å².